The topological polar surface area (TPSA) is 216 Å². The number of benzene rings is 2. The number of rotatable bonds is 8. The Labute approximate surface area is 192 Å². The molecule has 0 aliphatic rings. The number of anilines is 4. The summed E-state index contributed by atoms with van der Waals surface area (Å²) in [6.07, 6.45) is 5.33. The third-order valence-electron chi connectivity index (χ3n) is 4.40. The first-order chi connectivity index (χ1) is 16.1. The van der Waals surface area contributed by atoms with E-state index in [1.165, 1.54) is 60.9 Å². The first-order valence-corrected chi connectivity index (χ1v) is 12.1. The number of nitrogens with zero attached hydrogens (tertiary/aromatic N) is 4. The van der Waals surface area contributed by atoms with Crippen LogP contribution in [0.15, 0.2) is 58.6 Å². The van der Waals surface area contributed by atoms with Crippen LogP contribution in [0, 0.1) is 0 Å². The molecule has 0 saturated heterocycles. The summed E-state index contributed by atoms with van der Waals surface area (Å²) in [7, 11) is -9.28. The Morgan fingerprint density at radius 1 is 0.706 bits per heavy atom. The molecule has 0 atom stereocenters. The Bertz CT molecular complexity index is 1430. The van der Waals surface area contributed by atoms with Crippen molar-refractivity contribution in [2.75, 3.05) is 10.6 Å². The highest BCUT2D eigenvalue weighted by Gasteiger charge is 2.18. The molecule has 176 valence electrons. The van der Waals surface area contributed by atoms with Crippen LogP contribution in [0.1, 0.15) is 11.1 Å². The number of hydrogen-bond donors (Lipinski definition) is 6. The molecule has 0 amide bonds. The standard InChI is InChI=1S/C18H16N8O6S2/c27-33(28,29)15-7-13(21-17-9-19-25-23-17)5-3-11(15)1-2-12-4-6-14(8-16(12)34(30,31)32)22-18-10-20-26-24-18/h1-10H,(H,27,28,29)(H,30,31,32)(H2,19,21,23,25)(H2,20,22,24,26). The molecule has 0 spiro atoms. The summed E-state index contributed by atoms with van der Waals surface area (Å²) in [5.74, 6) is 0.642. The molecule has 0 fully saturated rings. The van der Waals surface area contributed by atoms with E-state index < -0.39 is 30.0 Å². The maximum Gasteiger partial charge on any atom is 0.295 e. The van der Waals surface area contributed by atoms with Gasteiger partial charge in [0.15, 0.2) is 11.6 Å². The molecule has 0 unspecified atom stereocenters. The SMILES string of the molecule is O=S(=O)(O)c1cc(Nc2cn[nH]n2)ccc1C=Cc1ccc(Nc2cn[nH]n2)cc1S(=O)(=O)O. The zero-order chi connectivity index (χ0) is 24.3. The van der Waals surface area contributed by atoms with Gasteiger partial charge in [-0.15, -0.1) is 10.2 Å². The second-order valence-corrected chi connectivity index (χ2v) is 9.53. The largest absolute Gasteiger partial charge is 0.337 e. The normalized spacial score (nSPS) is 12.2. The fourth-order valence-corrected chi connectivity index (χ4v) is 4.37. The molecular weight excluding hydrogens is 488 g/mol. The van der Waals surface area contributed by atoms with Crippen molar-refractivity contribution in [3.05, 3.63) is 59.9 Å². The lowest BCUT2D eigenvalue weighted by molar-refractivity contribution is 0.480. The van der Waals surface area contributed by atoms with Crippen LogP contribution in [-0.4, -0.2) is 56.8 Å². The highest BCUT2D eigenvalue weighted by atomic mass is 32.2. The van der Waals surface area contributed by atoms with Gasteiger partial charge in [0.1, 0.15) is 9.79 Å². The first kappa shape index (κ1) is 23.1. The lowest BCUT2D eigenvalue weighted by Gasteiger charge is -2.09. The van der Waals surface area contributed by atoms with Crippen LogP contribution < -0.4 is 10.6 Å². The molecule has 6 N–H and O–H groups in total. The summed E-state index contributed by atoms with van der Waals surface area (Å²) in [6, 6.07) is 8.21. The molecule has 2 aromatic heterocycles. The van der Waals surface area contributed by atoms with Crippen LogP contribution >= 0.6 is 0 Å². The van der Waals surface area contributed by atoms with Gasteiger partial charge in [0.05, 0.1) is 12.4 Å². The van der Waals surface area contributed by atoms with Crippen molar-refractivity contribution < 1.29 is 25.9 Å². The van der Waals surface area contributed by atoms with E-state index in [0.29, 0.717) is 23.0 Å². The summed E-state index contributed by atoms with van der Waals surface area (Å²) in [5, 5.41) is 25.3. The fraction of sp³-hybridized carbons (Fsp3) is 0. The Morgan fingerprint density at radius 2 is 1.12 bits per heavy atom. The minimum Gasteiger partial charge on any atom is -0.337 e. The van der Waals surface area contributed by atoms with Crippen molar-refractivity contribution >= 4 is 55.4 Å². The molecule has 14 nitrogen and oxygen atoms in total. The van der Waals surface area contributed by atoms with Crippen molar-refractivity contribution in [3.8, 4) is 0 Å². The van der Waals surface area contributed by atoms with Gasteiger partial charge >= 0.3 is 0 Å². The average molecular weight is 505 g/mol. The number of aromatic amines is 2. The molecule has 0 bridgehead atoms. The van der Waals surface area contributed by atoms with Crippen LogP contribution in [-0.2, 0) is 20.2 Å². The lowest BCUT2D eigenvalue weighted by Crippen LogP contribution is -2.03. The Hall–Kier alpha value is -4.12. The van der Waals surface area contributed by atoms with Gasteiger partial charge in [-0.3, -0.25) is 9.11 Å². The van der Waals surface area contributed by atoms with E-state index >= 15 is 0 Å². The van der Waals surface area contributed by atoms with E-state index in [0.717, 1.165) is 0 Å². The molecule has 16 heteroatoms. The lowest BCUT2D eigenvalue weighted by atomic mass is 10.1. The molecule has 0 saturated carbocycles. The van der Waals surface area contributed by atoms with Gasteiger partial charge in [0.25, 0.3) is 20.2 Å². The van der Waals surface area contributed by atoms with Gasteiger partial charge in [-0.1, -0.05) is 24.3 Å². The summed E-state index contributed by atoms with van der Waals surface area (Å²) in [5.41, 5.74) is 0.750. The van der Waals surface area contributed by atoms with E-state index in [1.54, 1.807) is 0 Å². The third-order valence-corrected chi connectivity index (χ3v) is 6.22. The van der Waals surface area contributed by atoms with Crippen LogP contribution in [0.3, 0.4) is 0 Å². The molecule has 4 rings (SSSR count). The number of H-pyrrole nitrogens is 2. The zero-order valence-corrected chi connectivity index (χ0v) is 18.5. The fourth-order valence-electron chi connectivity index (χ4n) is 2.95. The van der Waals surface area contributed by atoms with E-state index in [1.807, 2.05) is 0 Å². The van der Waals surface area contributed by atoms with E-state index in [4.69, 9.17) is 0 Å². The number of hydrogen-bond acceptors (Lipinski definition) is 10. The van der Waals surface area contributed by atoms with E-state index in [9.17, 15) is 25.9 Å². The first-order valence-electron chi connectivity index (χ1n) is 9.26. The summed E-state index contributed by atoms with van der Waals surface area (Å²) >= 11 is 0. The monoisotopic (exact) mass is 504 g/mol. The van der Waals surface area contributed by atoms with Crippen LogP contribution in [0.4, 0.5) is 23.0 Å². The minimum absolute atomic E-state index is 0.0688. The summed E-state index contributed by atoms with van der Waals surface area (Å²) in [6.45, 7) is 0. The van der Waals surface area contributed by atoms with E-state index in [-0.39, 0.29) is 11.1 Å². The van der Waals surface area contributed by atoms with Crippen molar-refractivity contribution in [1.82, 2.24) is 30.8 Å². The van der Waals surface area contributed by atoms with Gasteiger partial charge in [0, 0.05) is 11.4 Å². The van der Waals surface area contributed by atoms with Crippen molar-refractivity contribution in [1.29, 1.82) is 0 Å². The van der Waals surface area contributed by atoms with Gasteiger partial charge in [-0.25, -0.2) is 0 Å². The Kier molecular flexibility index (Phi) is 6.12. The van der Waals surface area contributed by atoms with Gasteiger partial charge < -0.3 is 10.6 Å². The predicted octanol–water partition coefficient (Wildman–Crippen LogP) is 2.07. The van der Waals surface area contributed by atoms with Gasteiger partial charge in [-0.2, -0.15) is 37.5 Å². The predicted molar refractivity (Wildman–Crippen MR) is 121 cm³/mol. The van der Waals surface area contributed by atoms with E-state index in [2.05, 4.69) is 41.5 Å². The van der Waals surface area contributed by atoms with Crippen LogP contribution in [0.25, 0.3) is 12.2 Å². The smallest absolute Gasteiger partial charge is 0.295 e. The molecule has 0 aliphatic carbocycles. The van der Waals surface area contributed by atoms with Gasteiger partial charge in [-0.05, 0) is 35.4 Å². The highest BCUT2D eigenvalue weighted by molar-refractivity contribution is 7.86. The quantitative estimate of drug-likeness (QED) is 0.150. The number of nitrogens with one attached hydrogen (secondary N) is 4. The Morgan fingerprint density at radius 3 is 1.44 bits per heavy atom. The molecule has 2 aromatic carbocycles. The second kappa shape index (κ2) is 9.02. The van der Waals surface area contributed by atoms with Crippen LogP contribution in [0.5, 0.6) is 0 Å². The van der Waals surface area contributed by atoms with Crippen LogP contribution in [0.2, 0.25) is 0 Å². The van der Waals surface area contributed by atoms with Crippen molar-refractivity contribution in [2.45, 2.75) is 9.79 Å². The molecule has 4 aromatic rings. The third kappa shape index (κ3) is 5.44. The Balaban J connectivity index is 1.69. The summed E-state index contributed by atoms with van der Waals surface area (Å²) in [4.78, 5) is -0.870. The zero-order valence-electron chi connectivity index (χ0n) is 16.9. The molecule has 0 radical (unpaired) electrons. The average Bonchev–Trinajstić information content (AvgIpc) is 3.46. The summed E-state index contributed by atoms with van der Waals surface area (Å²) < 4.78 is 67.1. The molecule has 34 heavy (non-hydrogen) atoms. The maximum atomic E-state index is 11.9. The number of aromatic nitrogens is 6. The van der Waals surface area contributed by atoms with Crippen molar-refractivity contribution in [3.63, 3.8) is 0 Å². The molecular formula is C18H16N8O6S2. The molecule has 0 aliphatic heterocycles. The molecule has 2 heterocycles. The minimum atomic E-state index is -4.64. The second-order valence-electron chi connectivity index (χ2n) is 6.75. The highest BCUT2D eigenvalue weighted by Crippen LogP contribution is 2.27. The maximum absolute atomic E-state index is 11.9. The van der Waals surface area contributed by atoms with Crippen molar-refractivity contribution in [2.24, 2.45) is 0 Å². The van der Waals surface area contributed by atoms with Gasteiger partial charge in [0.2, 0.25) is 0 Å².